The van der Waals surface area contributed by atoms with E-state index in [1.807, 2.05) is 0 Å². The number of esters is 1. The average Bonchev–Trinajstić information content (AvgIpc) is 1.36. The number of hydrogen-bond acceptors (Lipinski definition) is 23. The van der Waals surface area contributed by atoms with E-state index in [1.165, 1.54) is 52.0 Å². The van der Waals surface area contributed by atoms with Crippen molar-refractivity contribution in [3.63, 3.8) is 0 Å². The van der Waals surface area contributed by atoms with Gasteiger partial charge in [0.15, 0.2) is 11.9 Å². The molecule has 0 aliphatic carbocycles. The number of hydrogen-bond donors (Lipinski definition) is 15. The van der Waals surface area contributed by atoms with E-state index >= 15 is 0 Å². The second kappa shape index (κ2) is 40.2. The second-order valence-electron chi connectivity index (χ2n) is 26.9. The number of aromatic nitrogens is 8. The Morgan fingerprint density at radius 1 is 0.514 bits per heavy atom. The van der Waals surface area contributed by atoms with Crippen molar-refractivity contribution in [3.8, 4) is 11.5 Å². The van der Waals surface area contributed by atoms with Crippen LogP contribution < -0.4 is 66.8 Å². The summed E-state index contributed by atoms with van der Waals surface area (Å²) < 4.78 is 79.8. The first kappa shape index (κ1) is 85.1. The molecule has 3 atom stereocenters. The van der Waals surface area contributed by atoms with E-state index < -0.39 is 98.4 Å². The van der Waals surface area contributed by atoms with Gasteiger partial charge in [-0.3, -0.25) is 52.5 Å². The molecule has 6 amide bonds. The van der Waals surface area contributed by atoms with Crippen LogP contribution in [0.5, 0.6) is 11.5 Å². The molecule has 111 heavy (non-hydrogen) atoms. The maximum Gasteiger partial charge on any atom is 0.323 e. The van der Waals surface area contributed by atoms with Gasteiger partial charge in [-0.1, -0.05) is 0 Å². The Morgan fingerprint density at radius 2 is 0.928 bits per heavy atom. The molecular formula is C72H95N19O18S2. The number of aromatic amines is 2. The van der Waals surface area contributed by atoms with Crippen LogP contribution in [0.2, 0.25) is 0 Å². The fraction of sp³-hybridized carbons (Fsp3) is 0.431. The van der Waals surface area contributed by atoms with Crippen LogP contribution in [0.4, 0.5) is 11.9 Å². The van der Waals surface area contributed by atoms with E-state index in [0.717, 1.165) is 11.0 Å². The lowest BCUT2D eigenvalue weighted by Gasteiger charge is -2.21. The van der Waals surface area contributed by atoms with E-state index in [4.69, 9.17) is 14.2 Å². The Morgan fingerprint density at radius 3 is 1.32 bits per heavy atom. The van der Waals surface area contributed by atoms with Gasteiger partial charge in [-0.05, 0) is 151 Å². The van der Waals surface area contributed by atoms with Gasteiger partial charge in [0.2, 0.25) is 43.7 Å². The van der Waals surface area contributed by atoms with Gasteiger partial charge < -0.3 is 82.2 Å². The topological polar surface area (TPSA) is 515 Å². The molecule has 8 rings (SSSR count). The summed E-state index contributed by atoms with van der Waals surface area (Å²) in [6.45, 7) is 12.5. The van der Waals surface area contributed by atoms with E-state index in [0.29, 0.717) is 60.3 Å². The number of sulfonamides is 2. The first-order valence-electron chi connectivity index (χ1n) is 35.8. The molecule has 0 aliphatic rings. The van der Waals surface area contributed by atoms with Crippen LogP contribution in [0.1, 0.15) is 109 Å². The molecule has 0 fully saturated rings. The molecule has 37 nitrogen and oxygen atoms in total. The van der Waals surface area contributed by atoms with Crippen LogP contribution in [-0.4, -0.2) is 216 Å². The summed E-state index contributed by atoms with van der Waals surface area (Å²) in [6.07, 6.45) is 10.2. The molecule has 4 heterocycles. The van der Waals surface area contributed by atoms with Crippen LogP contribution >= 0.6 is 0 Å². The summed E-state index contributed by atoms with van der Waals surface area (Å²) in [5, 5.41) is 55.3. The minimum Gasteiger partial charge on any atom is -0.494 e. The number of imidazole rings is 2. The van der Waals surface area contributed by atoms with Crippen molar-refractivity contribution in [1.29, 1.82) is 0 Å². The predicted octanol–water partition coefficient (Wildman–Crippen LogP) is 2.57. The number of fused-ring (bicyclic) bond motifs is 2. The van der Waals surface area contributed by atoms with Gasteiger partial charge in [0.05, 0.1) is 72.0 Å². The van der Waals surface area contributed by atoms with Crippen LogP contribution in [0.25, 0.3) is 21.8 Å². The van der Waals surface area contributed by atoms with Gasteiger partial charge in [-0.25, -0.2) is 26.8 Å². The van der Waals surface area contributed by atoms with Gasteiger partial charge in [-0.15, -0.1) is 0 Å². The molecule has 0 bridgehead atoms. The highest BCUT2D eigenvalue weighted by molar-refractivity contribution is 7.90. The summed E-state index contributed by atoms with van der Waals surface area (Å²) in [5.41, 5.74) is 2.17. The number of aliphatic carboxylic acids is 2. The van der Waals surface area contributed by atoms with Crippen LogP contribution in [0.3, 0.4) is 0 Å². The van der Waals surface area contributed by atoms with Crippen molar-refractivity contribution in [2.75, 3.05) is 82.8 Å². The molecule has 0 aliphatic heterocycles. The molecule has 598 valence electrons. The predicted molar refractivity (Wildman–Crippen MR) is 407 cm³/mol. The third-order valence-corrected chi connectivity index (χ3v) is 20.4. The average molecular weight is 1580 g/mol. The number of aryl methyl sites for hydroxylation is 4. The number of carbonyl (C=O) groups is 9. The molecule has 8 aromatic rings. The number of carboxylic acid groups (broad SMARTS) is 2. The van der Waals surface area contributed by atoms with Crippen molar-refractivity contribution < 1.29 is 84.4 Å². The summed E-state index contributed by atoms with van der Waals surface area (Å²) in [6, 6.07) is 11.2. The summed E-state index contributed by atoms with van der Waals surface area (Å²) in [7, 11) is -8.92. The number of nitrogens with zero attached hydrogens (tertiary/aromatic N) is 6. The number of amides is 6. The highest BCUT2D eigenvalue weighted by atomic mass is 32.2. The van der Waals surface area contributed by atoms with Gasteiger partial charge in [0.1, 0.15) is 29.2 Å². The van der Waals surface area contributed by atoms with E-state index in [-0.39, 0.29) is 146 Å². The summed E-state index contributed by atoms with van der Waals surface area (Å²) >= 11 is 0. The number of H-pyrrole nitrogens is 2. The van der Waals surface area contributed by atoms with E-state index in [2.05, 4.69) is 87.4 Å². The zero-order valence-electron chi connectivity index (χ0n) is 62.5. The third-order valence-electron chi connectivity index (χ3n) is 16.8. The monoisotopic (exact) mass is 1580 g/mol. The highest BCUT2D eigenvalue weighted by Crippen LogP contribution is 2.29. The molecule has 4 aromatic carbocycles. The lowest BCUT2D eigenvalue weighted by atomic mass is 10.1. The number of anilines is 2. The standard InChI is InChI=1S/C72H95N19O18S2/c1-44-34-52(35-45(2)63(44)110(103,104)88-55(68(99)100)42-84-65(96)48-12-15-57-50(38-48)40-86-90(57)30-28-82-70-78-24-25-79-70)107-32-8-10-59(92)74-20-21-76-61(94)17-14-54(73-19-18-62(95)109-72(5,6)7)67(98)77-23-22-75-60(93)11-9-33-108-53-36-46(3)64(47(4)37-53)111(105,106)89-56(69(101)102)43-85-66(97)49-13-16-58-51(39-49)41-87-91(58)31-29-83-71-80-26-27-81-71/h12-13,15-16,24-27,34-41,54-56,73,88-89H,8-11,14,17-23,28-33,42-43H2,1-7H3,(H,74,92)(H,75,93)(H,76,94)(H,77,98)(H,84,96)(H,85,97)(H,99,100)(H,101,102)(H2,78,79,82)(H2,80,81,83). The van der Waals surface area contributed by atoms with Gasteiger partial charge in [-0.2, -0.15) is 19.6 Å². The van der Waals surface area contributed by atoms with Crippen molar-refractivity contribution in [2.24, 2.45) is 0 Å². The molecule has 0 spiro atoms. The maximum absolute atomic E-state index is 13.7. The smallest absolute Gasteiger partial charge is 0.323 e. The molecular weight excluding hydrogens is 1480 g/mol. The molecule has 39 heteroatoms. The lowest BCUT2D eigenvalue weighted by molar-refractivity contribution is -0.155. The Balaban J connectivity index is 0.696. The quantitative estimate of drug-likeness (QED) is 0.0192. The van der Waals surface area contributed by atoms with Crippen LogP contribution in [-0.2, 0) is 71.4 Å². The molecule has 15 N–H and O–H groups in total. The van der Waals surface area contributed by atoms with Crippen LogP contribution in [0.15, 0.2) is 108 Å². The van der Waals surface area contributed by atoms with Crippen LogP contribution in [0, 0.1) is 27.7 Å². The largest absolute Gasteiger partial charge is 0.494 e. The molecule has 0 saturated heterocycles. The zero-order chi connectivity index (χ0) is 80.4. The van der Waals surface area contributed by atoms with Gasteiger partial charge >= 0.3 is 17.9 Å². The van der Waals surface area contributed by atoms with Gasteiger partial charge in [0, 0.05) is 125 Å². The minimum atomic E-state index is -4.46. The second-order valence-corrected chi connectivity index (χ2v) is 30.2. The SMILES string of the molecule is Cc1cc(OCCCC(=O)NCCNC(=O)CCC(NCCC(=O)OC(C)(C)C)C(=O)NCCNC(=O)CCCOc2cc(C)c(S(=O)(=O)NC(CNC(=O)c3ccc4c(cnn4CCNc4ncc[nH]4)c3)C(=O)O)c(C)c2)cc(C)c1S(=O)(=O)NC(CNC(=O)c1ccc2c(cnn2CCNc2ncc[nH]2)c1)C(=O)O. The number of carboxylic acids is 2. The molecule has 0 radical (unpaired) electrons. The Labute approximate surface area is 640 Å². The Kier molecular flexibility index (Phi) is 30.8. The van der Waals surface area contributed by atoms with Crippen molar-refractivity contribution in [1.82, 2.24) is 86.2 Å². The minimum absolute atomic E-state index is 0.0103. The number of rotatable bonds is 46. The summed E-state index contributed by atoms with van der Waals surface area (Å²) in [5.74, 6) is -4.61. The molecule has 3 unspecified atom stereocenters. The Hall–Kier alpha value is -11.6. The lowest BCUT2D eigenvalue weighted by Crippen LogP contribution is -2.48. The third kappa shape index (κ3) is 26.3. The van der Waals surface area contributed by atoms with Crippen molar-refractivity contribution in [3.05, 3.63) is 131 Å². The summed E-state index contributed by atoms with van der Waals surface area (Å²) in [4.78, 5) is 129. The Bertz CT molecular complexity index is 4770. The highest BCUT2D eigenvalue weighted by Gasteiger charge is 2.32. The fourth-order valence-corrected chi connectivity index (χ4v) is 15.0. The van der Waals surface area contributed by atoms with E-state index in [1.54, 1.807) is 104 Å². The van der Waals surface area contributed by atoms with Crippen molar-refractivity contribution in [2.45, 2.75) is 140 Å². The van der Waals surface area contributed by atoms with E-state index in [9.17, 15) is 70.2 Å². The maximum atomic E-state index is 13.7. The fourth-order valence-electron chi connectivity index (χ4n) is 11.7. The number of ether oxygens (including phenoxy) is 3. The van der Waals surface area contributed by atoms with Gasteiger partial charge in [0.25, 0.3) is 11.8 Å². The molecule has 4 aromatic heterocycles. The number of carbonyl (C=O) groups excluding carboxylic acids is 7. The first-order valence-corrected chi connectivity index (χ1v) is 38.7. The zero-order valence-corrected chi connectivity index (χ0v) is 64.2. The normalized spacial score (nSPS) is 12.5. The molecule has 0 saturated carbocycles. The van der Waals surface area contributed by atoms with Crippen molar-refractivity contribution >= 4 is 107 Å². The first-order chi connectivity index (χ1) is 52.8. The number of nitrogens with one attached hydrogen (secondary N) is 13. The number of benzene rings is 4.